The molecule has 0 unspecified atom stereocenters. The average molecular weight is 587 g/mol. The van der Waals surface area contributed by atoms with Crippen molar-refractivity contribution in [2.45, 2.75) is 39.3 Å². The highest BCUT2D eigenvalue weighted by Crippen LogP contribution is 2.32. The van der Waals surface area contributed by atoms with Gasteiger partial charge in [-0.3, -0.25) is 14.4 Å². The molecule has 14 heteroatoms. The standard InChI is InChI=1S/C28H38N6O8/c1-5-20(28(39)40)30-26(36)22-24(34-12-15-42-16-13-34)31-21(23(32-22)33(6-2)11-14-41-4)18-7-9-19(10-8-18)25(35)29-17(3)27(37)38/h7-10,17,20H,5-6,11-16H2,1-4H3,(H,29,35)(H,30,36)(H,37,38)(H,39,40)/t17-,20-/m1/s1. The lowest BCUT2D eigenvalue weighted by Gasteiger charge is -2.31. The van der Waals surface area contributed by atoms with Crippen LogP contribution in [-0.2, 0) is 19.1 Å². The number of carboxylic acids is 2. The van der Waals surface area contributed by atoms with Crippen molar-refractivity contribution in [3.05, 3.63) is 35.5 Å². The molecule has 0 saturated carbocycles. The van der Waals surface area contributed by atoms with E-state index in [1.54, 1.807) is 38.3 Å². The number of carbonyl (C=O) groups is 4. The lowest BCUT2D eigenvalue weighted by atomic mass is 10.1. The summed E-state index contributed by atoms with van der Waals surface area (Å²) >= 11 is 0. The largest absolute Gasteiger partial charge is 0.480 e. The molecule has 0 aliphatic carbocycles. The molecule has 0 bridgehead atoms. The lowest BCUT2D eigenvalue weighted by Crippen LogP contribution is -2.43. The molecule has 0 spiro atoms. The zero-order valence-electron chi connectivity index (χ0n) is 24.3. The van der Waals surface area contributed by atoms with Crippen LogP contribution in [0.3, 0.4) is 0 Å². The number of ether oxygens (including phenoxy) is 2. The fourth-order valence-corrected chi connectivity index (χ4v) is 4.28. The van der Waals surface area contributed by atoms with Crippen molar-refractivity contribution in [3.63, 3.8) is 0 Å². The third-order valence-corrected chi connectivity index (χ3v) is 6.78. The Kier molecular flexibility index (Phi) is 11.6. The van der Waals surface area contributed by atoms with E-state index >= 15 is 0 Å². The van der Waals surface area contributed by atoms with Crippen LogP contribution in [0.4, 0.5) is 11.6 Å². The first-order valence-electron chi connectivity index (χ1n) is 13.8. The highest BCUT2D eigenvalue weighted by Gasteiger charge is 2.29. The molecule has 228 valence electrons. The Hall–Kier alpha value is -4.30. The number of carbonyl (C=O) groups excluding carboxylic acids is 2. The lowest BCUT2D eigenvalue weighted by molar-refractivity contribution is -0.140. The van der Waals surface area contributed by atoms with Crippen molar-refractivity contribution >= 4 is 35.4 Å². The fourth-order valence-electron chi connectivity index (χ4n) is 4.28. The van der Waals surface area contributed by atoms with Crippen LogP contribution < -0.4 is 20.4 Å². The van der Waals surface area contributed by atoms with Gasteiger partial charge >= 0.3 is 11.9 Å². The van der Waals surface area contributed by atoms with E-state index in [2.05, 4.69) is 10.6 Å². The summed E-state index contributed by atoms with van der Waals surface area (Å²) in [6, 6.07) is 4.32. The van der Waals surface area contributed by atoms with Gasteiger partial charge in [0, 0.05) is 44.4 Å². The Balaban J connectivity index is 2.15. The number of likely N-dealkylation sites (N-methyl/N-ethyl adjacent to an activating group) is 1. The van der Waals surface area contributed by atoms with E-state index in [0.29, 0.717) is 63.1 Å². The SMILES string of the molecule is CC[C@@H](NC(=O)c1nc(N(CC)CCOC)c(-c2ccc(C(=O)N[C@H](C)C(=O)O)cc2)nc1N1CCOCC1)C(=O)O. The minimum Gasteiger partial charge on any atom is -0.480 e. The molecule has 1 aromatic carbocycles. The van der Waals surface area contributed by atoms with Gasteiger partial charge in [-0.05, 0) is 32.4 Å². The zero-order chi connectivity index (χ0) is 30.8. The van der Waals surface area contributed by atoms with Gasteiger partial charge in [0.25, 0.3) is 11.8 Å². The van der Waals surface area contributed by atoms with E-state index in [9.17, 15) is 24.3 Å². The number of hydrogen-bond acceptors (Lipinski definition) is 10. The zero-order valence-corrected chi connectivity index (χ0v) is 24.3. The summed E-state index contributed by atoms with van der Waals surface area (Å²) in [6.45, 7) is 8.01. The van der Waals surface area contributed by atoms with E-state index in [4.69, 9.17) is 24.5 Å². The van der Waals surface area contributed by atoms with Crippen LogP contribution in [0.1, 0.15) is 48.0 Å². The molecular formula is C28H38N6O8. The molecule has 1 fully saturated rings. The Morgan fingerprint density at radius 3 is 2.24 bits per heavy atom. The normalized spacial score (nSPS) is 14.5. The first-order valence-corrected chi connectivity index (χ1v) is 13.8. The maximum absolute atomic E-state index is 13.5. The second-order valence-electron chi connectivity index (χ2n) is 9.62. The van der Waals surface area contributed by atoms with Gasteiger partial charge in [0.2, 0.25) is 0 Å². The maximum Gasteiger partial charge on any atom is 0.326 e. The van der Waals surface area contributed by atoms with Crippen molar-refractivity contribution < 1.29 is 38.9 Å². The van der Waals surface area contributed by atoms with Gasteiger partial charge in [-0.15, -0.1) is 0 Å². The third-order valence-electron chi connectivity index (χ3n) is 6.78. The number of rotatable bonds is 14. The van der Waals surface area contributed by atoms with E-state index in [1.165, 1.54) is 6.92 Å². The quantitative estimate of drug-likeness (QED) is 0.249. The molecule has 2 amide bonds. The number of amides is 2. The number of methoxy groups -OCH3 is 1. The summed E-state index contributed by atoms with van der Waals surface area (Å²) in [6.07, 6.45) is 0.187. The van der Waals surface area contributed by atoms with Gasteiger partial charge in [-0.25, -0.2) is 14.8 Å². The van der Waals surface area contributed by atoms with Crippen LogP contribution in [-0.4, -0.2) is 109 Å². The van der Waals surface area contributed by atoms with Crippen LogP contribution in [0.25, 0.3) is 11.3 Å². The molecule has 42 heavy (non-hydrogen) atoms. The average Bonchev–Trinajstić information content (AvgIpc) is 3.00. The molecule has 1 saturated heterocycles. The van der Waals surface area contributed by atoms with E-state index in [1.807, 2.05) is 16.7 Å². The summed E-state index contributed by atoms with van der Waals surface area (Å²) in [5.74, 6) is -2.83. The number of benzene rings is 1. The number of morpholine rings is 1. The Labute approximate surface area is 244 Å². The smallest absolute Gasteiger partial charge is 0.326 e. The topological polar surface area (TPSA) is 184 Å². The van der Waals surface area contributed by atoms with Gasteiger partial charge in [0.15, 0.2) is 17.3 Å². The molecule has 0 radical (unpaired) electrons. The minimum atomic E-state index is -1.15. The van der Waals surface area contributed by atoms with E-state index in [0.717, 1.165) is 0 Å². The van der Waals surface area contributed by atoms with E-state index in [-0.39, 0.29) is 23.5 Å². The molecule has 3 rings (SSSR count). The monoisotopic (exact) mass is 586 g/mol. The Morgan fingerprint density at radius 2 is 1.69 bits per heavy atom. The highest BCUT2D eigenvalue weighted by atomic mass is 16.5. The number of carboxylic acid groups (broad SMARTS) is 2. The minimum absolute atomic E-state index is 0.00938. The number of aromatic nitrogens is 2. The molecule has 4 N–H and O–H groups in total. The van der Waals surface area contributed by atoms with Crippen molar-refractivity contribution in [1.29, 1.82) is 0 Å². The number of anilines is 2. The second kappa shape index (κ2) is 15.1. The maximum atomic E-state index is 13.5. The molecule has 1 aliphatic heterocycles. The third kappa shape index (κ3) is 7.91. The van der Waals surface area contributed by atoms with Gasteiger partial charge in [-0.2, -0.15) is 0 Å². The van der Waals surface area contributed by atoms with Crippen LogP contribution in [0.15, 0.2) is 24.3 Å². The number of hydrogen-bond donors (Lipinski definition) is 4. The number of nitrogens with one attached hydrogen (secondary N) is 2. The number of aliphatic carboxylic acids is 2. The summed E-state index contributed by atoms with van der Waals surface area (Å²) < 4.78 is 10.8. The fraction of sp³-hybridized carbons (Fsp3) is 0.500. The van der Waals surface area contributed by atoms with Gasteiger partial charge in [-0.1, -0.05) is 19.1 Å². The summed E-state index contributed by atoms with van der Waals surface area (Å²) in [5, 5.41) is 23.6. The predicted octanol–water partition coefficient (Wildman–Crippen LogP) is 1.25. The predicted molar refractivity (Wildman–Crippen MR) is 154 cm³/mol. The van der Waals surface area contributed by atoms with Crippen molar-refractivity contribution in [3.8, 4) is 11.3 Å². The van der Waals surface area contributed by atoms with Crippen molar-refractivity contribution in [1.82, 2.24) is 20.6 Å². The van der Waals surface area contributed by atoms with Crippen molar-refractivity contribution in [2.24, 2.45) is 0 Å². The van der Waals surface area contributed by atoms with Crippen LogP contribution >= 0.6 is 0 Å². The van der Waals surface area contributed by atoms with Crippen LogP contribution in [0, 0.1) is 0 Å². The first-order chi connectivity index (χ1) is 20.1. The molecule has 2 aromatic rings. The van der Waals surface area contributed by atoms with Gasteiger partial charge in [0.05, 0.1) is 19.8 Å². The first kappa shape index (κ1) is 32.2. The van der Waals surface area contributed by atoms with Gasteiger partial charge in [0.1, 0.15) is 17.8 Å². The Bertz CT molecular complexity index is 1270. The van der Waals surface area contributed by atoms with Crippen LogP contribution in [0.2, 0.25) is 0 Å². The molecule has 14 nitrogen and oxygen atoms in total. The number of nitrogens with zero attached hydrogens (tertiary/aromatic N) is 4. The molecule has 1 aliphatic rings. The van der Waals surface area contributed by atoms with Crippen molar-refractivity contribution in [2.75, 3.05) is 62.9 Å². The molecular weight excluding hydrogens is 548 g/mol. The molecule has 2 heterocycles. The molecule has 1 aromatic heterocycles. The second-order valence-corrected chi connectivity index (χ2v) is 9.62. The van der Waals surface area contributed by atoms with E-state index < -0.39 is 35.8 Å². The Morgan fingerprint density at radius 1 is 1.02 bits per heavy atom. The summed E-state index contributed by atoms with van der Waals surface area (Å²) in [7, 11) is 1.58. The van der Waals surface area contributed by atoms with Gasteiger partial charge < -0.3 is 40.1 Å². The molecule has 2 atom stereocenters. The highest BCUT2D eigenvalue weighted by molar-refractivity contribution is 6.00. The summed E-state index contributed by atoms with van der Waals surface area (Å²) in [5.41, 5.74) is 1.30. The summed E-state index contributed by atoms with van der Waals surface area (Å²) in [4.78, 5) is 62.4. The van der Waals surface area contributed by atoms with Crippen LogP contribution in [0.5, 0.6) is 0 Å².